The Balaban J connectivity index is 0.00000169. The van der Waals surface area contributed by atoms with Crippen molar-refractivity contribution in [2.45, 2.75) is 0 Å². The Morgan fingerprint density at radius 1 is 0.885 bits per heavy atom. The fourth-order valence-corrected chi connectivity index (χ4v) is 2.40. The van der Waals surface area contributed by atoms with Gasteiger partial charge in [-0.3, -0.25) is 9.59 Å². The smallest absolute Gasteiger partial charge is 0.545 e. The number of carboxylic acids is 3. The molecule has 0 amide bonds. The maximum Gasteiger partial charge on any atom is 1.00 e. The van der Waals surface area contributed by atoms with Crippen LogP contribution in [0.1, 0.15) is 52.2 Å². The first kappa shape index (κ1) is 22.2. The number of hydrogen-bond acceptors (Lipinski definition) is 9. The quantitative estimate of drug-likeness (QED) is 0.403. The standard InChI is InChI=1S/C14H6N2O8.2Na/c17-10-4-2-6(14(23)24)15-8(4)7-3(12(19)20)1-5(13(21)22)16-9(7)11(10)18;;/h1-2,15H,(H,19,20)(H,21,22)(H,23,24);;/q;2*+1/p-3. The second kappa shape index (κ2) is 7.82. The fraction of sp³-hybridized carbons (Fsp3) is 0. The molecule has 0 radical (unpaired) electrons. The van der Waals surface area contributed by atoms with Gasteiger partial charge in [-0.1, -0.05) is 0 Å². The van der Waals surface area contributed by atoms with Gasteiger partial charge in [0.2, 0.25) is 5.78 Å². The second-order valence-corrected chi connectivity index (χ2v) is 4.77. The second-order valence-electron chi connectivity index (χ2n) is 4.77. The minimum atomic E-state index is -1.87. The van der Waals surface area contributed by atoms with Gasteiger partial charge in [-0.2, -0.15) is 0 Å². The molecule has 3 rings (SSSR count). The van der Waals surface area contributed by atoms with Gasteiger partial charge in [-0.15, -0.1) is 0 Å². The Morgan fingerprint density at radius 2 is 1.50 bits per heavy atom. The van der Waals surface area contributed by atoms with E-state index in [1.54, 1.807) is 0 Å². The van der Waals surface area contributed by atoms with Crippen LogP contribution in [0.15, 0.2) is 12.1 Å². The molecular formula is C14H3N2Na2O8-. The average Bonchev–Trinajstić information content (AvgIpc) is 2.96. The summed E-state index contributed by atoms with van der Waals surface area (Å²) in [6.45, 7) is 0. The van der Waals surface area contributed by atoms with E-state index in [-0.39, 0.29) is 64.8 Å². The van der Waals surface area contributed by atoms with E-state index in [4.69, 9.17) is 0 Å². The van der Waals surface area contributed by atoms with Crippen LogP contribution in [0.3, 0.4) is 0 Å². The van der Waals surface area contributed by atoms with Crippen molar-refractivity contribution in [3.63, 3.8) is 0 Å². The predicted molar refractivity (Wildman–Crippen MR) is 65.7 cm³/mol. The number of pyridine rings is 1. The third-order valence-corrected chi connectivity index (χ3v) is 3.40. The first-order valence-corrected chi connectivity index (χ1v) is 6.23. The Bertz CT molecular complexity index is 995. The molecule has 10 nitrogen and oxygen atoms in total. The Morgan fingerprint density at radius 3 is 2.00 bits per heavy atom. The zero-order valence-electron chi connectivity index (χ0n) is 13.4. The molecule has 0 saturated heterocycles. The summed E-state index contributed by atoms with van der Waals surface area (Å²) in [5.74, 6) is -7.87. The third kappa shape index (κ3) is 3.39. The molecule has 0 atom stereocenters. The molecule has 0 aromatic carbocycles. The van der Waals surface area contributed by atoms with Crippen LogP contribution in [-0.2, 0) is 0 Å². The maximum atomic E-state index is 12.1. The van der Waals surface area contributed by atoms with Gasteiger partial charge >= 0.3 is 59.1 Å². The van der Waals surface area contributed by atoms with Crippen molar-refractivity contribution in [1.29, 1.82) is 0 Å². The van der Waals surface area contributed by atoms with E-state index in [0.717, 1.165) is 6.07 Å². The number of hydrogen-bond donors (Lipinski definition) is 1. The Labute approximate surface area is 188 Å². The first-order chi connectivity index (χ1) is 11.2. The van der Waals surface area contributed by atoms with Crippen molar-refractivity contribution in [1.82, 2.24) is 9.97 Å². The molecule has 2 aromatic heterocycles. The molecule has 12 heteroatoms. The van der Waals surface area contributed by atoms with E-state index in [0.29, 0.717) is 6.07 Å². The van der Waals surface area contributed by atoms with Gasteiger partial charge in [0.1, 0.15) is 5.69 Å². The van der Waals surface area contributed by atoms with Crippen LogP contribution in [-0.4, -0.2) is 39.4 Å². The van der Waals surface area contributed by atoms with Crippen LogP contribution in [0.25, 0.3) is 11.3 Å². The van der Waals surface area contributed by atoms with Crippen molar-refractivity contribution in [2.24, 2.45) is 0 Å². The Kier molecular flexibility index (Phi) is 6.69. The minimum absolute atomic E-state index is 0. The molecule has 0 bridgehead atoms. The number of nitrogens with zero attached hydrogens (tertiary/aromatic N) is 1. The van der Waals surface area contributed by atoms with Crippen molar-refractivity contribution in [3.05, 3.63) is 40.3 Å². The zero-order chi connectivity index (χ0) is 17.8. The van der Waals surface area contributed by atoms with Crippen molar-refractivity contribution < 1.29 is 98.4 Å². The third-order valence-electron chi connectivity index (χ3n) is 3.40. The number of ketones is 2. The summed E-state index contributed by atoms with van der Waals surface area (Å²) in [6, 6.07) is 1.41. The molecule has 120 valence electrons. The summed E-state index contributed by atoms with van der Waals surface area (Å²) in [5.41, 5.74) is -4.09. The number of aromatic nitrogens is 2. The monoisotopic (exact) mass is 373 g/mol. The summed E-state index contributed by atoms with van der Waals surface area (Å²) in [7, 11) is 0. The number of fused-ring (bicyclic) bond motifs is 3. The van der Waals surface area contributed by atoms with E-state index < -0.39 is 63.2 Å². The van der Waals surface area contributed by atoms with Crippen LogP contribution in [0.4, 0.5) is 0 Å². The van der Waals surface area contributed by atoms with Crippen LogP contribution >= 0.6 is 0 Å². The van der Waals surface area contributed by atoms with Crippen LogP contribution in [0.2, 0.25) is 0 Å². The van der Waals surface area contributed by atoms with Gasteiger partial charge in [-0.25, -0.2) is 4.98 Å². The number of Topliss-reactive ketones (excluding diaryl/α,β-unsaturated/α-hetero) is 2. The molecule has 26 heavy (non-hydrogen) atoms. The summed E-state index contributed by atoms with van der Waals surface area (Å²) < 4.78 is 0. The van der Waals surface area contributed by atoms with Gasteiger partial charge in [0.05, 0.1) is 40.6 Å². The fourth-order valence-electron chi connectivity index (χ4n) is 2.40. The number of H-pyrrole nitrogens is 1. The number of carbonyl (C=O) groups excluding carboxylic acids is 5. The first-order valence-electron chi connectivity index (χ1n) is 6.23. The maximum absolute atomic E-state index is 12.1. The van der Waals surface area contributed by atoms with Crippen molar-refractivity contribution >= 4 is 29.5 Å². The molecular weight excluding hydrogens is 370 g/mol. The SMILES string of the molecule is O=C([O-])c1cc(C(=O)[O-])c2c(n1)C(=O)C(=O)c1cc(C(=O)[O-])[nH]c1-2.[Na+].[Na+]. The van der Waals surface area contributed by atoms with Gasteiger partial charge in [-0.05, 0) is 12.1 Å². The molecule has 1 aliphatic carbocycles. The molecule has 2 heterocycles. The average molecular weight is 373 g/mol. The van der Waals surface area contributed by atoms with Gasteiger partial charge in [0.25, 0.3) is 5.78 Å². The molecule has 1 aliphatic rings. The molecule has 1 N–H and O–H groups in total. The van der Waals surface area contributed by atoms with Gasteiger partial charge in [0, 0.05) is 11.1 Å². The summed E-state index contributed by atoms with van der Waals surface area (Å²) in [4.78, 5) is 62.9. The summed E-state index contributed by atoms with van der Waals surface area (Å²) >= 11 is 0. The number of carbonyl (C=O) groups is 5. The van der Waals surface area contributed by atoms with Crippen LogP contribution in [0.5, 0.6) is 0 Å². The van der Waals surface area contributed by atoms with Gasteiger partial charge in [0.15, 0.2) is 0 Å². The normalized spacial score (nSPS) is 11.5. The van der Waals surface area contributed by atoms with Crippen molar-refractivity contribution in [2.75, 3.05) is 0 Å². The molecule has 0 saturated carbocycles. The predicted octanol–water partition coefficient (Wildman–Crippen LogP) is -9.45. The summed E-state index contributed by atoms with van der Waals surface area (Å²) in [5, 5.41) is 33.1. The number of nitrogens with one attached hydrogen (secondary N) is 1. The van der Waals surface area contributed by atoms with E-state index in [1.165, 1.54) is 0 Å². The molecule has 0 unspecified atom stereocenters. The van der Waals surface area contributed by atoms with Crippen LogP contribution in [0, 0.1) is 0 Å². The largest absolute Gasteiger partial charge is 1.00 e. The zero-order valence-corrected chi connectivity index (χ0v) is 17.4. The molecule has 0 fully saturated rings. The number of rotatable bonds is 3. The van der Waals surface area contributed by atoms with Crippen LogP contribution < -0.4 is 74.4 Å². The number of aromatic carboxylic acids is 3. The van der Waals surface area contributed by atoms with Crippen molar-refractivity contribution in [3.8, 4) is 11.3 Å². The van der Waals surface area contributed by atoms with E-state index in [2.05, 4.69) is 9.97 Å². The van der Waals surface area contributed by atoms with E-state index in [1.807, 2.05) is 0 Å². The molecule has 0 aliphatic heterocycles. The van der Waals surface area contributed by atoms with Gasteiger partial charge < -0.3 is 34.7 Å². The Hall–Kier alpha value is -1.82. The number of aromatic amines is 1. The van der Waals surface area contributed by atoms with E-state index >= 15 is 0 Å². The van der Waals surface area contributed by atoms with E-state index in [9.17, 15) is 39.3 Å². The topological polar surface area (TPSA) is 183 Å². The minimum Gasteiger partial charge on any atom is -0.545 e. The molecule has 2 aromatic rings. The summed E-state index contributed by atoms with van der Waals surface area (Å²) in [6.07, 6.45) is 0. The molecule has 0 spiro atoms. The number of carboxylic acid groups (broad SMARTS) is 3.